The summed E-state index contributed by atoms with van der Waals surface area (Å²) in [6.07, 6.45) is 2.34. The quantitative estimate of drug-likeness (QED) is 0.409. The Morgan fingerprint density at radius 3 is 2.50 bits per heavy atom. The summed E-state index contributed by atoms with van der Waals surface area (Å²) in [7, 11) is 0. The number of unbranched alkanes of at least 4 members (excludes halogenated alkanes) is 1. The zero-order valence-electron chi connectivity index (χ0n) is 4.03. The first kappa shape index (κ1) is 6.51. The van der Waals surface area contributed by atoms with E-state index in [0.717, 1.165) is 11.1 Å². The first-order valence-corrected chi connectivity index (χ1v) is 4.01. The van der Waals surface area contributed by atoms with Gasteiger partial charge in [-0.05, 0) is 0 Å². The summed E-state index contributed by atoms with van der Waals surface area (Å²) >= 11 is -0.752. The van der Waals surface area contributed by atoms with Crippen molar-refractivity contribution in [2.75, 3.05) is 0 Å². The molecule has 0 aliphatic heterocycles. The van der Waals surface area contributed by atoms with Crippen molar-refractivity contribution in [2.45, 2.75) is 24.5 Å². The van der Waals surface area contributed by atoms with Gasteiger partial charge in [0.25, 0.3) is 0 Å². The molecule has 0 radical (unpaired) electrons. The molecule has 0 aromatic heterocycles. The molecule has 2 heteroatoms. The molecule has 0 atom stereocenters. The second-order valence-corrected chi connectivity index (χ2v) is 2.48. The molecule has 0 aliphatic rings. The van der Waals surface area contributed by atoms with Crippen molar-refractivity contribution >= 4 is 0 Å². The van der Waals surface area contributed by atoms with Crippen LogP contribution < -0.4 is 0 Å². The topological polar surface area (TPSA) is 17.1 Å². The summed E-state index contributed by atoms with van der Waals surface area (Å²) in [6, 6.07) is 0. The fourth-order valence-electron chi connectivity index (χ4n) is 0.249. The van der Waals surface area contributed by atoms with Crippen LogP contribution in [0.4, 0.5) is 0 Å². The molecular weight excluding hydrogens is 112 g/mol. The van der Waals surface area contributed by atoms with Crippen LogP contribution in [-0.2, 0) is 22.4 Å². The van der Waals surface area contributed by atoms with Crippen molar-refractivity contribution in [3.05, 3.63) is 0 Å². The number of hydrogen-bond donors (Lipinski definition) is 0. The summed E-state index contributed by atoms with van der Waals surface area (Å²) in [5, 5.41) is 0. The molecule has 0 saturated carbocycles. The Morgan fingerprint density at radius 1 is 1.67 bits per heavy atom. The SMILES string of the molecule is CCC[CH2][Ti]=[O]. The van der Waals surface area contributed by atoms with E-state index < -0.39 is 19.1 Å². The first-order chi connectivity index (χ1) is 2.91. The van der Waals surface area contributed by atoms with E-state index >= 15 is 0 Å². The van der Waals surface area contributed by atoms with Gasteiger partial charge in [-0.2, -0.15) is 0 Å². The molecule has 0 aromatic carbocycles. The molecule has 0 aromatic rings. The molecule has 0 saturated heterocycles. The monoisotopic (exact) mass is 121 g/mol. The Bertz CT molecular complexity index is 36.5. The van der Waals surface area contributed by atoms with E-state index in [1.165, 1.54) is 6.42 Å². The van der Waals surface area contributed by atoms with Gasteiger partial charge in [0, 0.05) is 0 Å². The van der Waals surface area contributed by atoms with E-state index in [1.54, 1.807) is 0 Å². The van der Waals surface area contributed by atoms with Gasteiger partial charge in [0.05, 0.1) is 0 Å². The van der Waals surface area contributed by atoms with Gasteiger partial charge in [-0.15, -0.1) is 0 Å². The molecule has 0 N–H and O–H groups in total. The van der Waals surface area contributed by atoms with E-state index in [9.17, 15) is 3.32 Å². The van der Waals surface area contributed by atoms with E-state index in [-0.39, 0.29) is 0 Å². The molecule has 35 valence electrons. The molecule has 0 fully saturated rings. The Balaban J connectivity index is 2.49. The first-order valence-electron chi connectivity index (χ1n) is 2.26. The van der Waals surface area contributed by atoms with Crippen LogP contribution >= 0.6 is 0 Å². The van der Waals surface area contributed by atoms with E-state index in [4.69, 9.17) is 0 Å². The van der Waals surface area contributed by atoms with Crippen LogP contribution in [0.2, 0.25) is 4.73 Å². The Hall–Kier alpha value is 0.514. The van der Waals surface area contributed by atoms with Gasteiger partial charge in [-0.3, -0.25) is 0 Å². The third kappa shape index (κ3) is 4.51. The third-order valence-electron chi connectivity index (χ3n) is 0.632. The molecule has 0 amide bonds. The maximum atomic E-state index is 9.81. The predicted molar refractivity (Wildman–Crippen MR) is 20.4 cm³/mol. The molecule has 1 nitrogen and oxygen atoms in total. The molecule has 0 heterocycles. The average molecular weight is 121 g/mol. The van der Waals surface area contributed by atoms with Crippen molar-refractivity contribution in [3.63, 3.8) is 0 Å². The van der Waals surface area contributed by atoms with Crippen molar-refractivity contribution < 1.29 is 22.4 Å². The summed E-state index contributed by atoms with van der Waals surface area (Å²) in [6.45, 7) is 2.11. The second kappa shape index (κ2) is 5.51. The van der Waals surface area contributed by atoms with E-state index in [0.29, 0.717) is 0 Å². The van der Waals surface area contributed by atoms with Crippen LogP contribution in [0.25, 0.3) is 0 Å². The minimum atomic E-state index is -0.752. The normalized spacial score (nSPS) is 7.50. The molecule has 0 bridgehead atoms. The van der Waals surface area contributed by atoms with Gasteiger partial charge in [0.1, 0.15) is 0 Å². The molecule has 6 heavy (non-hydrogen) atoms. The Labute approximate surface area is 47.4 Å². The van der Waals surface area contributed by atoms with Gasteiger partial charge in [-0.25, -0.2) is 0 Å². The van der Waals surface area contributed by atoms with Crippen LogP contribution in [0.15, 0.2) is 0 Å². The second-order valence-electron chi connectivity index (χ2n) is 1.25. The number of hydrogen-bond acceptors (Lipinski definition) is 1. The fourth-order valence-corrected chi connectivity index (χ4v) is 1.03. The van der Waals surface area contributed by atoms with Crippen LogP contribution in [0.3, 0.4) is 0 Å². The van der Waals surface area contributed by atoms with Crippen LogP contribution in [-0.4, -0.2) is 0 Å². The molecular formula is C4H9OTi. The van der Waals surface area contributed by atoms with Gasteiger partial charge in [0.15, 0.2) is 0 Å². The summed E-state index contributed by atoms with van der Waals surface area (Å²) in [5.41, 5.74) is 0. The molecule has 0 unspecified atom stereocenters. The fraction of sp³-hybridized carbons (Fsp3) is 1.00. The van der Waals surface area contributed by atoms with Gasteiger partial charge in [0.2, 0.25) is 0 Å². The zero-order valence-corrected chi connectivity index (χ0v) is 5.59. The van der Waals surface area contributed by atoms with Gasteiger partial charge < -0.3 is 0 Å². The van der Waals surface area contributed by atoms with Gasteiger partial charge in [-0.1, -0.05) is 0 Å². The van der Waals surface area contributed by atoms with Crippen molar-refractivity contribution in [3.8, 4) is 0 Å². The van der Waals surface area contributed by atoms with Gasteiger partial charge >= 0.3 is 46.9 Å². The van der Waals surface area contributed by atoms with Crippen LogP contribution in [0, 0.1) is 0 Å². The van der Waals surface area contributed by atoms with E-state index in [1.807, 2.05) is 0 Å². The molecule has 0 rings (SSSR count). The van der Waals surface area contributed by atoms with Crippen molar-refractivity contribution in [1.82, 2.24) is 0 Å². The predicted octanol–water partition coefficient (Wildman–Crippen LogP) is 1.63. The summed E-state index contributed by atoms with van der Waals surface area (Å²) < 4.78 is 10.8. The third-order valence-corrected chi connectivity index (χ3v) is 1.50. The Kier molecular flexibility index (Phi) is 5.99. The van der Waals surface area contributed by atoms with Crippen LogP contribution in [0.1, 0.15) is 19.8 Å². The number of rotatable bonds is 3. The zero-order chi connectivity index (χ0) is 4.83. The standard InChI is InChI=1S/C4H9.O.Ti/c1-3-4-2;;/h1,3-4H2,2H3;;. The summed E-state index contributed by atoms with van der Waals surface area (Å²) in [4.78, 5) is 0. The molecule has 0 aliphatic carbocycles. The van der Waals surface area contributed by atoms with Crippen molar-refractivity contribution in [1.29, 1.82) is 0 Å². The molecule has 0 spiro atoms. The van der Waals surface area contributed by atoms with Crippen molar-refractivity contribution in [2.24, 2.45) is 0 Å². The Morgan fingerprint density at radius 2 is 2.33 bits per heavy atom. The van der Waals surface area contributed by atoms with Crippen LogP contribution in [0.5, 0.6) is 0 Å². The van der Waals surface area contributed by atoms with E-state index in [2.05, 4.69) is 6.92 Å². The summed E-state index contributed by atoms with van der Waals surface area (Å²) in [5.74, 6) is 0. The maximum absolute atomic E-state index is 9.81. The minimum absolute atomic E-state index is 0.752. The average Bonchev–Trinajstić information content (AvgIpc) is 1.61.